The lowest BCUT2D eigenvalue weighted by molar-refractivity contribution is -0.137. The first kappa shape index (κ1) is 14.8. The summed E-state index contributed by atoms with van der Waals surface area (Å²) in [7, 11) is 0. The van der Waals surface area contributed by atoms with Gasteiger partial charge in [-0.3, -0.25) is 0 Å². The van der Waals surface area contributed by atoms with E-state index in [1.165, 1.54) is 6.07 Å². The third kappa shape index (κ3) is 3.49. The average Bonchev–Trinajstić information content (AvgIpc) is 2.38. The molecule has 0 aliphatic carbocycles. The largest absolute Gasteiger partial charge is 0.416 e. The SMILES string of the molecule is NC(c1cc(C(F)(F)F)ccc1Br)C1CCOCC1. The number of alkyl halides is 3. The molecule has 6 heteroatoms. The predicted octanol–water partition coefficient (Wildman–Crippen LogP) is 3.89. The van der Waals surface area contributed by atoms with Crippen LogP contribution in [0.2, 0.25) is 0 Å². The molecule has 2 rings (SSSR count). The van der Waals surface area contributed by atoms with Gasteiger partial charge >= 0.3 is 6.18 Å². The van der Waals surface area contributed by atoms with Crippen molar-refractivity contribution in [3.8, 4) is 0 Å². The maximum absolute atomic E-state index is 12.7. The summed E-state index contributed by atoms with van der Waals surface area (Å²) in [5, 5.41) is 0. The summed E-state index contributed by atoms with van der Waals surface area (Å²) in [6, 6.07) is 3.21. The Balaban J connectivity index is 2.27. The van der Waals surface area contributed by atoms with Gasteiger partial charge in [-0.2, -0.15) is 13.2 Å². The second kappa shape index (κ2) is 5.81. The van der Waals surface area contributed by atoms with Crippen molar-refractivity contribution < 1.29 is 17.9 Å². The highest BCUT2D eigenvalue weighted by Crippen LogP contribution is 2.37. The van der Waals surface area contributed by atoms with Gasteiger partial charge in [0.05, 0.1) is 5.56 Å². The van der Waals surface area contributed by atoms with Gasteiger partial charge in [-0.1, -0.05) is 15.9 Å². The van der Waals surface area contributed by atoms with E-state index in [9.17, 15) is 13.2 Å². The Morgan fingerprint density at radius 3 is 2.47 bits per heavy atom. The van der Waals surface area contributed by atoms with Crippen molar-refractivity contribution in [2.45, 2.75) is 25.1 Å². The molecule has 1 unspecified atom stereocenters. The van der Waals surface area contributed by atoms with Crippen LogP contribution in [0.5, 0.6) is 0 Å². The van der Waals surface area contributed by atoms with Gasteiger partial charge in [0.1, 0.15) is 0 Å². The summed E-state index contributed by atoms with van der Waals surface area (Å²) in [5.74, 6) is 0.161. The number of hydrogen-bond donors (Lipinski definition) is 1. The topological polar surface area (TPSA) is 35.2 Å². The summed E-state index contributed by atoms with van der Waals surface area (Å²) in [6.07, 6.45) is -2.78. The molecule has 0 radical (unpaired) electrons. The Labute approximate surface area is 118 Å². The van der Waals surface area contributed by atoms with Crippen molar-refractivity contribution >= 4 is 15.9 Å². The number of nitrogens with two attached hydrogens (primary N) is 1. The van der Waals surface area contributed by atoms with Crippen LogP contribution in [0.3, 0.4) is 0 Å². The van der Waals surface area contributed by atoms with Crippen molar-refractivity contribution in [1.29, 1.82) is 0 Å². The van der Waals surface area contributed by atoms with Crippen molar-refractivity contribution in [3.05, 3.63) is 33.8 Å². The summed E-state index contributed by atoms with van der Waals surface area (Å²) in [5.41, 5.74) is 5.99. The number of rotatable bonds is 2. The van der Waals surface area contributed by atoms with Gasteiger partial charge in [-0.25, -0.2) is 0 Å². The van der Waals surface area contributed by atoms with Crippen molar-refractivity contribution in [3.63, 3.8) is 0 Å². The van der Waals surface area contributed by atoms with Crippen LogP contribution in [-0.2, 0) is 10.9 Å². The van der Waals surface area contributed by atoms with E-state index in [4.69, 9.17) is 10.5 Å². The van der Waals surface area contributed by atoms with Crippen LogP contribution in [0.15, 0.2) is 22.7 Å². The molecule has 1 aromatic carbocycles. The minimum atomic E-state index is -4.34. The Hall–Kier alpha value is -0.590. The molecule has 0 amide bonds. The molecule has 1 heterocycles. The standard InChI is InChI=1S/C13H15BrF3NO/c14-11-2-1-9(13(15,16)17)7-10(11)12(18)8-3-5-19-6-4-8/h1-2,7-8,12H,3-6,18H2. The number of benzene rings is 1. The fourth-order valence-electron chi connectivity index (χ4n) is 2.30. The van der Waals surface area contributed by atoms with Crippen LogP contribution in [0, 0.1) is 5.92 Å². The lowest BCUT2D eigenvalue weighted by atomic mass is 9.87. The van der Waals surface area contributed by atoms with Gasteiger partial charge in [0.15, 0.2) is 0 Å². The maximum atomic E-state index is 12.7. The number of ether oxygens (including phenoxy) is 1. The van der Waals surface area contributed by atoms with Gasteiger partial charge < -0.3 is 10.5 Å². The molecule has 2 N–H and O–H groups in total. The third-order valence-corrected chi connectivity index (χ3v) is 4.18. The summed E-state index contributed by atoms with van der Waals surface area (Å²) in [6.45, 7) is 1.24. The van der Waals surface area contributed by atoms with Gasteiger partial charge in [-0.05, 0) is 42.5 Å². The molecule has 1 aromatic rings. The van der Waals surface area contributed by atoms with Crippen LogP contribution >= 0.6 is 15.9 Å². The summed E-state index contributed by atoms with van der Waals surface area (Å²) in [4.78, 5) is 0. The first-order valence-electron chi connectivity index (χ1n) is 6.09. The van der Waals surface area contributed by atoms with Crippen LogP contribution in [-0.4, -0.2) is 13.2 Å². The van der Waals surface area contributed by atoms with Crippen molar-refractivity contribution in [1.82, 2.24) is 0 Å². The monoisotopic (exact) mass is 337 g/mol. The molecule has 1 saturated heterocycles. The molecule has 1 aliphatic rings. The van der Waals surface area contributed by atoms with E-state index in [0.29, 0.717) is 23.2 Å². The third-order valence-electron chi connectivity index (χ3n) is 3.46. The number of halogens is 4. The molecule has 2 nitrogen and oxygen atoms in total. The smallest absolute Gasteiger partial charge is 0.381 e. The maximum Gasteiger partial charge on any atom is 0.416 e. The predicted molar refractivity (Wildman–Crippen MR) is 69.6 cm³/mol. The average molecular weight is 338 g/mol. The fraction of sp³-hybridized carbons (Fsp3) is 0.538. The molecular formula is C13H15BrF3NO. The van der Waals surface area contributed by atoms with Crippen molar-refractivity contribution in [2.75, 3.05) is 13.2 Å². The molecule has 1 atom stereocenters. The second-order valence-electron chi connectivity index (χ2n) is 4.71. The first-order chi connectivity index (χ1) is 8.89. The highest BCUT2D eigenvalue weighted by Gasteiger charge is 2.32. The Bertz CT molecular complexity index is 444. The fourth-order valence-corrected chi connectivity index (χ4v) is 2.82. The van der Waals surface area contributed by atoms with Gasteiger partial charge in [0.2, 0.25) is 0 Å². The normalized spacial score (nSPS) is 19.4. The second-order valence-corrected chi connectivity index (χ2v) is 5.56. The zero-order chi connectivity index (χ0) is 14.0. The van der Waals surface area contributed by atoms with Crippen molar-refractivity contribution in [2.24, 2.45) is 11.7 Å². The van der Waals surface area contributed by atoms with E-state index < -0.39 is 17.8 Å². The Morgan fingerprint density at radius 1 is 1.26 bits per heavy atom. The molecule has 106 valence electrons. The highest BCUT2D eigenvalue weighted by atomic mass is 79.9. The zero-order valence-electron chi connectivity index (χ0n) is 10.2. The molecule has 0 saturated carbocycles. The molecule has 1 fully saturated rings. The molecule has 19 heavy (non-hydrogen) atoms. The highest BCUT2D eigenvalue weighted by molar-refractivity contribution is 9.10. The van der Waals surface area contributed by atoms with Gasteiger partial charge in [-0.15, -0.1) is 0 Å². The van der Waals surface area contributed by atoms with E-state index >= 15 is 0 Å². The molecular weight excluding hydrogens is 323 g/mol. The van der Waals surface area contributed by atoms with E-state index in [-0.39, 0.29) is 5.92 Å². The van der Waals surface area contributed by atoms with Crippen LogP contribution in [0.1, 0.15) is 30.0 Å². The Kier molecular flexibility index (Phi) is 4.53. The minimum absolute atomic E-state index is 0.161. The molecule has 1 aliphatic heterocycles. The van der Waals surface area contributed by atoms with E-state index in [2.05, 4.69) is 15.9 Å². The molecule has 0 aromatic heterocycles. The lowest BCUT2D eigenvalue weighted by Crippen LogP contribution is -2.28. The summed E-state index contributed by atoms with van der Waals surface area (Å²) >= 11 is 3.29. The van der Waals surface area contributed by atoms with E-state index in [1.807, 2.05) is 0 Å². The lowest BCUT2D eigenvalue weighted by Gasteiger charge is -2.28. The van der Waals surface area contributed by atoms with Crippen LogP contribution in [0.4, 0.5) is 13.2 Å². The van der Waals surface area contributed by atoms with Gasteiger partial charge in [0, 0.05) is 23.7 Å². The minimum Gasteiger partial charge on any atom is -0.381 e. The quantitative estimate of drug-likeness (QED) is 0.888. The molecule has 0 bridgehead atoms. The number of hydrogen-bond acceptors (Lipinski definition) is 2. The van der Waals surface area contributed by atoms with Crippen LogP contribution < -0.4 is 5.73 Å². The zero-order valence-corrected chi connectivity index (χ0v) is 11.8. The Morgan fingerprint density at radius 2 is 1.89 bits per heavy atom. The van der Waals surface area contributed by atoms with E-state index in [0.717, 1.165) is 25.0 Å². The van der Waals surface area contributed by atoms with E-state index in [1.54, 1.807) is 0 Å². The molecule has 0 spiro atoms. The van der Waals surface area contributed by atoms with Crippen LogP contribution in [0.25, 0.3) is 0 Å². The first-order valence-corrected chi connectivity index (χ1v) is 6.89. The van der Waals surface area contributed by atoms with Gasteiger partial charge in [0.25, 0.3) is 0 Å². The summed E-state index contributed by atoms with van der Waals surface area (Å²) < 4.78 is 44.1.